The Morgan fingerprint density at radius 2 is 1.45 bits per heavy atom. The van der Waals surface area contributed by atoms with Crippen LogP contribution < -0.4 is 0 Å². The van der Waals surface area contributed by atoms with Crippen LogP contribution >= 0.6 is 0 Å². The van der Waals surface area contributed by atoms with Crippen LogP contribution in [0.15, 0.2) is 79.2 Å². The van der Waals surface area contributed by atoms with E-state index in [4.69, 9.17) is 23.7 Å². The van der Waals surface area contributed by atoms with Gasteiger partial charge < -0.3 is 23.7 Å². The van der Waals surface area contributed by atoms with Gasteiger partial charge in [0, 0.05) is 57.3 Å². The molecule has 0 amide bonds. The molecule has 1 saturated carbocycles. The first-order valence-electron chi connectivity index (χ1n) is 16.8. The maximum Gasteiger partial charge on any atom is 0.340 e. The van der Waals surface area contributed by atoms with E-state index in [1.165, 1.54) is 39.2 Å². The largest absolute Gasteiger partial charge is 0.458 e. The minimum absolute atomic E-state index is 0.0614. The summed E-state index contributed by atoms with van der Waals surface area (Å²) in [6, 6.07) is 11.3. The van der Waals surface area contributed by atoms with Crippen molar-refractivity contribution >= 4 is 35.6 Å². The smallest absolute Gasteiger partial charge is 0.340 e. The minimum Gasteiger partial charge on any atom is -0.458 e. The fourth-order valence-corrected chi connectivity index (χ4v) is 7.12. The number of hydrogen-bond acceptors (Lipinski definition) is 12. The summed E-state index contributed by atoms with van der Waals surface area (Å²) in [5.74, 6) is -6.96. The molecule has 2 aliphatic rings. The molecule has 1 aromatic carbocycles. The van der Waals surface area contributed by atoms with Gasteiger partial charge in [0.2, 0.25) is 0 Å². The van der Waals surface area contributed by atoms with Gasteiger partial charge in [-0.2, -0.15) is 0 Å². The van der Waals surface area contributed by atoms with E-state index in [1.54, 1.807) is 76.2 Å². The molecular weight excluding hydrogens is 658 g/mol. The molecule has 2 aliphatic carbocycles. The third-order valence-corrected chi connectivity index (χ3v) is 9.31. The van der Waals surface area contributed by atoms with Crippen LogP contribution in [0, 0.1) is 23.2 Å². The summed E-state index contributed by atoms with van der Waals surface area (Å²) in [4.78, 5) is 84.0. The normalized spacial score (nSPS) is 29.6. The predicted molar refractivity (Wildman–Crippen MR) is 183 cm³/mol. The van der Waals surface area contributed by atoms with Gasteiger partial charge >= 0.3 is 29.8 Å². The average molecular weight is 704 g/mol. The molecule has 0 unspecified atom stereocenters. The van der Waals surface area contributed by atoms with Crippen LogP contribution in [-0.4, -0.2) is 70.6 Å². The van der Waals surface area contributed by atoms with Gasteiger partial charge in [-0.3, -0.25) is 24.2 Å². The van der Waals surface area contributed by atoms with E-state index in [0.717, 1.165) is 0 Å². The summed E-state index contributed by atoms with van der Waals surface area (Å²) in [7, 11) is 0. The number of pyridine rings is 1. The Hall–Kier alpha value is -5.13. The van der Waals surface area contributed by atoms with E-state index in [2.05, 4.69) is 11.6 Å². The highest BCUT2D eigenvalue weighted by molar-refractivity contribution is 5.94. The topological polar surface area (TPSA) is 161 Å². The van der Waals surface area contributed by atoms with E-state index in [0.29, 0.717) is 0 Å². The van der Waals surface area contributed by atoms with Crippen molar-refractivity contribution in [1.29, 1.82) is 0 Å². The van der Waals surface area contributed by atoms with Crippen molar-refractivity contribution in [3.8, 4) is 0 Å². The third-order valence-electron chi connectivity index (χ3n) is 9.31. The van der Waals surface area contributed by atoms with Crippen molar-refractivity contribution in [3.05, 3.63) is 90.3 Å². The van der Waals surface area contributed by atoms with Crippen molar-refractivity contribution in [2.45, 2.75) is 91.3 Å². The number of aromatic nitrogens is 1. The summed E-state index contributed by atoms with van der Waals surface area (Å²) in [6.07, 6.45) is 0.958. The molecule has 1 fully saturated rings. The number of fused-ring (bicyclic) bond motifs is 1. The molecule has 0 bridgehead atoms. The van der Waals surface area contributed by atoms with Gasteiger partial charge in [0.05, 0.1) is 17.0 Å². The highest BCUT2D eigenvalue weighted by atomic mass is 16.6. The maximum absolute atomic E-state index is 14.7. The standard InChI is InChI=1S/C39H45NO11/c1-22-16-17-38(7,8)35(50-37(46)29-15-12-18-40-21-29)30(47-25(4)41)19-23(2)32(48-26(5)42)31-33(49-36(45)28-13-10-9-11-14-28)24(3)20-39(31,34(22)44)51-27(6)43/h9-18,21-22,24,30-33,35H,2,19-20H2,1,3-8H3/b17-16+/t22-,24-,30+,31-,32-,33-,35+,39+/m0/s1. The molecule has 2 aromatic rings. The van der Waals surface area contributed by atoms with Gasteiger partial charge in [0.1, 0.15) is 24.4 Å². The summed E-state index contributed by atoms with van der Waals surface area (Å²) in [5, 5.41) is 0. The summed E-state index contributed by atoms with van der Waals surface area (Å²) in [5.41, 5.74) is -2.49. The van der Waals surface area contributed by atoms with E-state index >= 15 is 0 Å². The molecule has 0 radical (unpaired) electrons. The SMILES string of the molecule is C=C1C[C@@H](OC(C)=O)[C@@H](OC(=O)c2cccnc2)C(C)(C)/C=C/[C@H](C)C(=O)[C@@]2(OC(C)=O)C[C@H](C)[C@H](OC(=O)c3ccccc3)[C@@H]2[C@H]1OC(C)=O. The Balaban J connectivity index is 1.93. The Morgan fingerprint density at radius 1 is 0.824 bits per heavy atom. The lowest BCUT2D eigenvalue weighted by Crippen LogP contribution is -2.56. The zero-order valence-electron chi connectivity index (χ0n) is 30.0. The van der Waals surface area contributed by atoms with Crippen LogP contribution in [0.3, 0.4) is 0 Å². The molecule has 4 rings (SSSR count). The highest BCUT2D eigenvalue weighted by Gasteiger charge is 2.65. The Bertz CT molecular complexity index is 1680. The molecule has 51 heavy (non-hydrogen) atoms. The van der Waals surface area contributed by atoms with E-state index < -0.39 is 88.8 Å². The third kappa shape index (κ3) is 8.79. The molecular formula is C39H45NO11. The van der Waals surface area contributed by atoms with Crippen molar-refractivity contribution in [3.63, 3.8) is 0 Å². The average Bonchev–Trinajstić information content (AvgIpc) is 3.33. The number of ether oxygens (including phenoxy) is 5. The van der Waals surface area contributed by atoms with Gasteiger partial charge in [-0.1, -0.05) is 64.6 Å². The number of ketones is 1. The second-order valence-corrected chi connectivity index (χ2v) is 13.9. The van der Waals surface area contributed by atoms with Gasteiger partial charge in [0.25, 0.3) is 0 Å². The molecule has 0 spiro atoms. The second kappa shape index (κ2) is 15.8. The highest BCUT2D eigenvalue weighted by Crippen LogP contribution is 2.51. The molecule has 0 aliphatic heterocycles. The molecule has 12 nitrogen and oxygen atoms in total. The number of esters is 5. The lowest BCUT2D eigenvalue weighted by atomic mass is 9.72. The Labute approximate surface area is 297 Å². The summed E-state index contributed by atoms with van der Waals surface area (Å²) >= 11 is 0. The van der Waals surface area contributed by atoms with E-state index in [-0.39, 0.29) is 29.5 Å². The van der Waals surface area contributed by atoms with Crippen LogP contribution in [-0.2, 0) is 42.9 Å². The van der Waals surface area contributed by atoms with Crippen molar-refractivity contribution in [2.75, 3.05) is 0 Å². The lowest BCUT2D eigenvalue weighted by Gasteiger charge is -2.42. The lowest BCUT2D eigenvalue weighted by molar-refractivity contribution is -0.182. The second-order valence-electron chi connectivity index (χ2n) is 13.9. The van der Waals surface area contributed by atoms with Crippen molar-refractivity contribution < 1.29 is 52.5 Å². The zero-order chi connectivity index (χ0) is 37.7. The molecule has 0 N–H and O–H groups in total. The van der Waals surface area contributed by atoms with Gasteiger partial charge in [-0.05, 0) is 35.8 Å². The monoisotopic (exact) mass is 703 g/mol. The fourth-order valence-electron chi connectivity index (χ4n) is 7.12. The predicted octanol–water partition coefficient (Wildman–Crippen LogP) is 5.40. The number of hydrogen-bond donors (Lipinski definition) is 0. The van der Waals surface area contributed by atoms with Crippen LogP contribution in [0.25, 0.3) is 0 Å². The first-order valence-corrected chi connectivity index (χ1v) is 16.8. The van der Waals surface area contributed by atoms with Gasteiger partial charge in [0.15, 0.2) is 11.4 Å². The first-order chi connectivity index (χ1) is 24.0. The van der Waals surface area contributed by atoms with Gasteiger partial charge in [-0.25, -0.2) is 9.59 Å². The van der Waals surface area contributed by atoms with Crippen molar-refractivity contribution in [2.24, 2.45) is 23.2 Å². The van der Waals surface area contributed by atoms with Crippen molar-refractivity contribution in [1.82, 2.24) is 4.98 Å². The Morgan fingerprint density at radius 3 is 2.04 bits per heavy atom. The quantitative estimate of drug-likeness (QED) is 0.205. The van der Waals surface area contributed by atoms with Crippen LogP contribution in [0.2, 0.25) is 0 Å². The number of benzene rings is 1. The minimum atomic E-state index is -1.94. The Kier molecular flexibility index (Phi) is 12.0. The number of allylic oxidation sites excluding steroid dienone is 1. The molecule has 1 aromatic heterocycles. The molecule has 12 heteroatoms. The van der Waals surface area contributed by atoms with Crippen LogP contribution in [0.5, 0.6) is 0 Å². The zero-order valence-corrected chi connectivity index (χ0v) is 30.0. The molecule has 1 heterocycles. The number of carbonyl (C=O) groups excluding carboxylic acids is 6. The number of Topliss-reactive ketones (excluding diaryl/α,β-unsaturated/α-hetero) is 1. The number of rotatable bonds is 7. The number of carbonyl (C=O) groups is 6. The van der Waals surface area contributed by atoms with E-state index in [1.807, 2.05) is 0 Å². The maximum atomic E-state index is 14.7. The summed E-state index contributed by atoms with van der Waals surface area (Å²) in [6.45, 7) is 14.6. The molecule has 0 saturated heterocycles. The number of nitrogens with zero attached hydrogens (tertiary/aromatic N) is 1. The van der Waals surface area contributed by atoms with Gasteiger partial charge in [-0.15, -0.1) is 0 Å². The molecule has 272 valence electrons. The van der Waals surface area contributed by atoms with E-state index in [9.17, 15) is 28.8 Å². The van der Waals surface area contributed by atoms with Crippen LogP contribution in [0.1, 0.15) is 82.0 Å². The van der Waals surface area contributed by atoms with Crippen LogP contribution in [0.4, 0.5) is 0 Å². The summed E-state index contributed by atoms with van der Waals surface area (Å²) < 4.78 is 29.9. The fraction of sp³-hybridized carbons (Fsp3) is 0.462. The molecule has 8 atom stereocenters. The first kappa shape index (κ1) is 38.7.